The van der Waals surface area contributed by atoms with Gasteiger partial charge in [-0.1, -0.05) is 0 Å². The number of anilines is 2. The smallest absolute Gasteiger partial charge is 0.377 e. The van der Waals surface area contributed by atoms with E-state index in [1.165, 1.54) is 12.4 Å². The maximum atomic E-state index is 13.0. The summed E-state index contributed by atoms with van der Waals surface area (Å²) in [5.41, 5.74) is 6.35. The van der Waals surface area contributed by atoms with Crippen molar-refractivity contribution in [2.75, 3.05) is 30.4 Å². The zero-order valence-electron chi connectivity index (χ0n) is 14.9. The summed E-state index contributed by atoms with van der Waals surface area (Å²) >= 11 is 0. The maximum Gasteiger partial charge on any atom is 0.406 e. The highest BCUT2D eigenvalue weighted by Crippen LogP contribution is 2.30. The van der Waals surface area contributed by atoms with Crippen LogP contribution in [-0.4, -0.2) is 61.5 Å². The van der Waals surface area contributed by atoms with E-state index in [0.717, 1.165) is 10.9 Å². The van der Waals surface area contributed by atoms with Crippen molar-refractivity contribution in [3.05, 3.63) is 18.7 Å². The molecule has 3 aromatic rings. The Balaban J connectivity index is 1.89. The lowest BCUT2D eigenvalue weighted by Crippen LogP contribution is -2.44. The highest BCUT2D eigenvalue weighted by atomic mass is 19.4. The van der Waals surface area contributed by atoms with Gasteiger partial charge in [0.2, 0.25) is 5.95 Å². The number of morpholine rings is 1. The van der Waals surface area contributed by atoms with Crippen LogP contribution < -0.4 is 10.6 Å². The average Bonchev–Trinajstić information content (AvgIpc) is 3.03. The van der Waals surface area contributed by atoms with Gasteiger partial charge < -0.3 is 19.9 Å². The van der Waals surface area contributed by atoms with Crippen LogP contribution in [0.2, 0.25) is 0 Å². The normalized spacial score (nSPS) is 18.0. The molecule has 1 fully saturated rings. The van der Waals surface area contributed by atoms with Crippen molar-refractivity contribution in [3.63, 3.8) is 0 Å². The fourth-order valence-electron chi connectivity index (χ4n) is 3.06. The first kappa shape index (κ1) is 18.3. The largest absolute Gasteiger partial charge is 0.406 e. The number of nitrogen functional groups attached to an aromatic ring is 1. The van der Waals surface area contributed by atoms with Crippen molar-refractivity contribution in [2.45, 2.75) is 25.7 Å². The first-order valence-electron chi connectivity index (χ1n) is 8.54. The summed E-state index contributed by atoms with van der Waals surface area (Å²) in [4.78, 5) is 22.8. The Kier molecular flexibility index (Phi) is 4.49. The number of halogens is 3. The zero-order valence-corrected chi connectivity index (χ0v) is 14.9. The predicted molar refractivity (Wildman–Crippen MR) is 94.4 cm³/mol. The summed E-state index contributed by atoms with van der Waals surface area (Å²) in [5.74, 6) is 0.729. The molecule has 1 aliphatic rings. The van der Waals surface area contributed by atoms with Crippen LogP contribution in [0.4, 0.5) is 24.9 Å². The number of fused-ring (bicyclic) bond motifs is 1. The molecule has 1 atom stereocenters. The number of ether oxygens (including phenoxy) is 1. The second-order valence-corrected chi connectivity index (χ2v) is 6.48. The Morgan fingerprint density at radius 3 is 2.64 bits per heavy atom. The van der Waals surface area contributed by atoms with Crippen LogP contribution in [0.3, 0.4) is 0 Å². The third-order valence-electron chi connectivity index (χ3n) is 4.36. The van der Waals surface area contributed by atoms with Crippen LogP contribution in [0, 0.1) is 0 Å². The monoisotopic (exact) mass is 394 g/mol. The lowest BCUT2D eigenvalue weighted by Gasteiger charge is -2.34. The van der Waals surface area contributed by atoms with Gasteiger partial charge in [0.1, 0.15) is 6.54 Å². The molecule has 3 aromatic heterocycles. The molecule has 28 heavy (non-hydrogen) atoms. The van der Waals surface area contributed by atoms with Crippen molar-refractivity contribution >= 4 is 22.9 Å². The molecular formula is C16H17F3N8O. The molecule has 12 heteroatoms. The van der Waals surface area contributed by atoms with Gasteiger partial charge in [-0.25, -0.2) is 24.9 Å². The van der Waals surface area contributed by atoms with Crippen LogP contribution in [0.25, 0.3) is 22.6 Å². The van der Waals surface area contributed by atoms with E-state index in [0.29, 0.717) is 36.7 Å². The Morgan fingerprint density at radius 1 is 1.21 bits per heavy atom. The average molecular weight is 394 g/mol. The quantitative estimate of drug-likeness (QED) is 0.715. The van der Waals surface area contributed by atoms with Crippen LogP contribution in [0.15, 0.2) is 18.7 Å². The Labute approximate surface area is 157 Å². The Hall–Kier alpha value is -3.02. The summed E-state index contributed by atoms with van der Waals surface area (Å²) in [6.45, 7) is 2.26. The lowest BCUT2D eigenvalue weighted by atomic mass is 10.2. The number of nitrogens with two attached hydrogens (primary N) is 1. The topological polar surface area (TPSA) is 108 Å². The minimum Gasteiger partial charge on any atom is -0.377 e. The zero-order chi connectivity index (χ0) is 19.9. The molecule has 0 amide bonds. The van der Waals surface area contributed by atoms with Crippen LogP contribution in [0.1, 0.15) is 6.92 Å². The number of hydrogen-bond acceptors (Lipinski definition) is 8. The van der Waals surface area contributed by atoms with E-state index in [-0.39, 0.29) is 23.5 Å². The standard InChI is InChI=1S/C16H17F3N8O/c1-9-6-28-3-2-27(9)14-11-13(26(8-23-11)7-16(17,18)19)24-12(25-14)10-4-21-15(20)22-5-10/h4-5,8-9H,2-3,6-7H2,1H3,(H2,20,21,22)/t9-/m0/s1. The predicted octanol–water partition coefficient (Wildman–Crippen LogP) is 1.65. The second kappa shape index (κ2) is 6.86. The van der Waals surface area contributed by atoms with Gasteiger partial charge in [0.25, 0.3) is 0 Å². The fourth-order valence-corrected chi connectivity index (χ4v) is 3.06. The molecule has 4 heterocycles. The molecule has 2 N–H and O–H groups in total. The molecule has 1 saturated heterocycles. The Bertz CT molecular complexity index is 988. The Morgan fingerprint density at radius 2 is 1.96 bits per heavy atom. The molecule has 148 valence electrons. The number of alkyl halides is 3. The lowest BCUT2D eigenvalue weighted by molar-refractivity contribution is -0.140. The first-order valence-corrected chi connectivity index (χ1v) is 8.54. The van der Waals surface area contributed by atoms with Gasteiger partial charge in [-0.05, 0) is 6.92 Å². The summed E-state index contributed by atoms with van der Waals surface area (Å²) in [5, 5.41) is 0. The number of imidazole rings is 1. The van der Waals surface area contributed by atoms with Crippen molar-refractivity contribution in [3.8, 4) is 11.4 Å². The van der Waals surface area contributed by atoms with Crippen molar-refractivity contribution in [1.82, 2.24) is 29.5 Å². The first-order chi connectivity index (χ1) is 13.3. The summed E-state index contributed by atoms with van der Waals surface area (Å²) in [7, 11) is 0. The molecule has 0 aromatic carbocycles. The van der Waals surface area contributed by atoms with Gasteiger partial charge >= 0.3 is 6.18 Å². The van der Waals surface area contributed by atoms with E-state index in [9.17, 15) is 13.2 Å². The number of nitrogens with zero attached hydrogens (tertiary/aromatic N) is 7. The highest BCUT2D eigenvalue weighted by Gasteiger charge is 2.31. The van der Waals surface area contributed by atoms with E-state index in [1.54, 1.807) is 0 Å². The van der Waals surface area contributed by atoms with Crippen molar-refractivity contribution < 1.29 is 17.9 Å². The van der Waals surface area contributed by atoms with Gasteiger partial charge in [-0.3, -0.25) is 0 Å². The van der Waals surface area contributed by atoms with E-state index in [1.807, 2.05) is 11.8 Å². The van der Waals surface area contributed by atoms with Gasteiger partial charge in [-0.15, -0.1) is 0 Å². The van der Waals surface area contributed by atoms with Crippen molar-refractivity contribution in [2.24, 2.45) is 0 Å². The molecule has 0 spiro atoms. The summed E-state index contributed by atoms with van der Waals surface area (Å²) < 4.78 is 45.4. The second-order valence-electron chi connectivity index (χ2n) is 6.48. The molecular weight excluding hydrogens is 377 g/mol. The summed E-state index contributed by atoms with van der Waals surface area (Å²) in [6.07, 6.45) is -0.416. The molecule has 0 unspecified atom stereocenters. The van der Waals surface area contributed by atoms with Gasteiger partial charge in [-0.2, -0.15) is 13.2 Å². The number of hydrogen-bond donors (Lipinski definition) is 1. The maximum absolute atomic E-state index is 13.0. The van der Waals surface area contributed by atoms with Crippen LogP contribution in [-0.2, 0) is 11.3 Å². The highest BCUT2D eigenvalue weighted by molar-refractivity contribution is 5.86. The van der Waals surface area contributed by atoms with Gasteiger partial charge in [0.15, 0.2) is 22.8 Å². The molecule has 4 rings (SSSR count). The third-order valence-corrected chi connectivity index (χ3v) is 4.36. The third kappa shape index (κ3) is 3.54. The minimum absolute atomic E-state index is 0.0184. The van der Waals surface area contributed by atoms with Crippen molar-refractivity contribution in [1.29, 1.82) is 0 Å². The molecule has 0 bridgehead atoms. The molecule has 9 nitrogen and oxygen atoms in total. The number of rotatable bonds is 3. The van der Waals surface area contributed by atoms with E-state index in [4.69, 9.17) is 10.5 Å². The number of aromatic nitrogens is 6. The van der Waals surface area contributed by atoms with E-state index >= 15 is 0 Å². The molecule has 0 radical (unpaired) electrons. The van der Waals surface area contributed by atoms with Crippen LogP contribution in [0.5, 0.6) is 0 Å². The van der Waals surface area contributed by atoms with Crippen LogP contribution >= 0.6 is 0 Å². The van der Waals surface area contributed by atoms with E-state index in [2.05, 4.69) is 24.9 Å². The SMILES string of the molecule is C[C@H]1COCCN1c1nc(-c2cnc(N)nc2)nc2c1ncn2CC(F)(F)F. The van der Waals surface area contributed by atoms with E-state index < -0.39 is 12.7 Å². The molecule has 0 aliphatic carbocycles. The fraction of sp³-hybridized carbons (Fsp3) is 0.438. The summed E-state index contributed by atoms with van der Waals surface area (Å²) in [6, 6.07) is -0.0184. The minimum atomic E-state index is -4.41. The molecule has 1 aliphatic heterocycles. The molecule has 0 saturated carbocycles. The van der Waals surface area contributed by atoms with Gasteiger partial charge in [0, 0.05) is 18.9 Å². The van der Waals surface area contributed by atoms with Gasteiger partial charge in [0.05, 0.1) is 31.1 Å².